The second kappa shape index (κ2) is 8.29. The number of hydrogen-bond donors (Lipinski definition) is 2. The third kappa shape index (κ3) is 9.63. The van der Waals surface area contributed by atoms with Crippen molar-refractivity contribution in [3.05, 3.63) is 0 Å². The van der Waals surface area contributed by atoms with E-state index in [2.05, 4.69) is 20.1 Å². The van der Waals surface area contributed by atoms with Gasteiger partial charge in [0.1, 0.15) is 19.2 Å². The Labute approximate surface area is 124 Å². The fourth-order valence-electron chi connectivity index (χ4n) is 0.879. The molecule has 0 rings (SSSR count). The minimum atomic E-state index is -1.72. The number of methoxy groups -OCH3 is 1. The molecule has 110 valence electrons. The van der Waals surface area contributed by atoms with Gasteiger partial charge in [-0.15, -0.1) is 0 Å². The van der Waals surface area contributed by atoms with Crippen molar-refractivity contribution in [1.29, 1.82) is 0 Å². The fraction of sp³-hybridized carbons (Fsp3) is 0.667. The summed E-state index contributed by atoms with van der Waals surface area (Å²) in [6.07, 6.45) is -0.924. The zero-order chi connectivity index (χ0) is 15.1. The SMILES string of the molecule is COC(=O)[C@H](C)NC(=O)CNC(=O)OCC(Cl)(Cl)Cl. The van der Waals surface area contributed by atoms with E-state index in [9.17, 15) is 14.4 Å². The van der Waals surface area contributed by atoms with Crippen LogP contribution >= 0.6 is 34.8 Å². The van der Waals surface area contributed by atoms with Gasteiger partial charge in [-0.05, 0) is 6.92 Å². The first-order chi connectivity index (χ1) is 8.65. The number of rotatable bonds is 5. The van der Waals surface area contributed by atoms with Crippen LogP contribution in [0.3, 0.4) is 0 Å². The van der Waals surface area contributed by atoms with E-state index in [1.807, 2.05) is 0 Å². The van der Waals surface area contributed by atoms with E-state index in [0.29, 0.717) is 0 Å². The van der Waals surface area contributed by atoms with Crippen molar-refractivity contribution in [3.63, 3.8) is 0 Å². The summed E-state index contributed by atoms with van der Waals surface area (Å²) < 4.78 is 7.19. The normalized spacial score (nSPS) is 12.3. The van der Waals surface area contributed by atoms with Gasteiger partial charge in [-0.25, -0.2) is 9.59 Å². The van der Waals surface area contributed by atoms with Gasteiger partial charge in [-0.1, -0.05) is 34.8 Å². The monoisotopic (exact) mass is 334 g/mol. The Hall–Kier alpha value is -0.920. The summed E-state index contributed by atoms with van der Waals surface area (Å²) in [6, 6.07) is -0.823. The van der Waals surface area contributed by atoms with E-state index < -0.39 is 34.4 Å². The Morgan fingerprint density at radius 3 is 2.32 bits per heavy atom. The molecule has 19 heavy (non-hydrogen) atoms. The quantitative estimate of drug-likeness (QED) is 0.571. The zero-order valence-electron chi connectivity index (χ0n) is 10.2. The molecule has 1 atom stereocenters. The maximum Gasteiger partial charge on any atom is 0.407 e. The van der Waals surface area contributed by atoms with Crippen molar-refractivity contribution in [2.24, 2.45) is 0 Å². The molecule has 0 aromatic carbocycles. The number of halogens is 3. The predicted octanol–water partition coefficient (Wildman–Crippen LogP) is 0.761. The fourth-order valence-corrected chi connectivity index (χ4v) is 1.04. The Kier molecular flexibility index (Phi) is 7.89. The van der Waals surface area contributed by atoms with Crippen molar-refractivity contribution in [2.75, 3.05) is 20.3 Å². The van der Waals surface area contributed by atoms with Gasteiger partial charge >= 0.3 is 12.1 Å². The molecule has 2 amide bonds. The van der Waals surface area contributed by atoms with E-state index in [0.717, 1.165) is 0 Å². The van der Waals surface area contributed by atoms with Crippen LogP contribution in [-0.2, 0) is 19.1 Å². The molecule has 7 nitrogen and oxygen atoms in total. The van der Waals surface area contributed by atoms with E-state index >= 15 is 0 Å². The molecule has 0 saturated heterocycles. The topological polar surface area (TPSA) is 93.7 Å². The Bertz CT molecular complexity index is 345. The van der Waals surface area contributed by atoms with E-state index in [1.54, 1.807) is 0 Å². The van der Waals surface area contributed by atoms with Crippen LogP contribution in [0, 0.1) is 0 Å². The second-order valence-corrected chi connectivity index (χ2v) is 5.87. The van der Waals surface area contributed by atoms with Crippen LogP contribution in [0.25, 0.3) is 0 Å². The highest BCUT2D eigenvalue weighted by Crippen LogP contribution is 2.25. The first-order valence-corrected chi connectivity index (χ1v) is 6.13. The highest BCUT2D eigenvalue weighted by Gasteiger charge is 2.22. The third-order valence-electron chi connectivity index (χ3n) is 1.69. The van der Waals surface area contributed by atoms with Crippen LogP contribution in [0.15, 0.2) is 0 Å². The van der Waals surface area contributed by atoms with Crippen LogP contribution in [0.2, 0.25) is 0 Å². The Balaban J connectivity index is 3.91. The summed E-state index contributed by atoms with van der Waals surface area (Å²) in [7, 11) is 1.19. The number of hydrogen-bond acceptors (Lipinski definition) is 5. The molecule has 0 aromatic heterocycles. The lowest BCUT2D eigenvalue weighted by molar-refractivity contribution is -0.144. The average Bonchev–Trinajstić information content (AvgIpc) is 2.31. The lowest BCUT2D eigenvalue weighted by Crippen LogP contribution is -2.44. The van der Waals surface area contributed by atoms with Crippen molar-refractivity contribution < 1.29 is 23.9 Å². The first kappa shape index (κ1) is 18.1. The van der Waals surface area contributed by atoms with Crippen LogP contribution in [0.5, 0.6) is 0 Å². The molecule has 0 fully saturated rings. The van der Waals surface area contributed by atoms with Gasteiger partial charge in [0.2, 0.25) is 9.70 Å². The summed E-state index contributed by atoms with van der Waals surface area (Å²) in [6.45, 7) is 0.592. The molecule has 0 radical (unpaired) electrons. The molecule has 0 aliphatic heterocycles. The predicted molar refractivity (Wildman–Crippen MR) is 69.3 cm³/mol. The summed E-state index contributed by atoms with van der Waals surface area (Å²) >= 11 is 16.1. The molecular weight excluding hydrogens is 322 g/mol. The summed E-state index contributed by atoms with van der Waals surface area (Å²) in [5.41, 5.74) is 0. The van der Waals surface area contributed by atoms with E-state index in [1.165, 1.54) is 14.0 Å². The maximum absolute atomic E-state index is 11.3. The third-order valence-corrected chi connectivity index (χ3v) is 2.02. The molecule has 0 aliphatic rings. The van der Waals surface area contributed by atoms with Gasteiger partial charge in [0.05, 0.1) is 7.11 Å². The summed E-state index contributed by atoms with van der Waals surface area (Å²) in [4.78, 5) is 33.4. The zero-order valence-corrected chi connectivity index (χ0v) is 12.4. The minimum absolute atomic E-state index is 0.389. The summed E-state index contributed by atoms with van der Waals surface area (Å²) in [5, 5.41) is 4.41. The van der Waals surface area contributed by atoms with E-state index in [4.69, 9.17) is 34.8 Å². The maximum atomic E-state index is 11.3. The van der Waals surface area contributed by atoms with Gasteiger partial charge < -0.3 is 20.1 Å². The molecule has 0 heterocycles. The lowest BCUT2D eigenvalue weighted by atomic mass is 10.3. The first-order valence-electron chi connectivity index (χ1n) is 5.00. The van der Waals surface area contributed by atoms with Gasteiger partial charge in [0, 0.05) is 0 Å². The molecule has 0 bridgehead atoms. The van der Waals surface area contributed by atoms with Crippen molar-refractivity contribution in [1.82, 2.24) is 10.6 Å². The molecule has 2 N–H and O–H groups in total. The molecule has 0 spiro atoms. The van der Waals surface area contributed by atoms with Crippen molar-refractivity contribution in [3.8, 4) is 0 Å². The molecular formula is C9H13Cl3N2O5. The molecule has 0 aliphatic carbocycles. The van der Waals surface area contributed by atoms with Crippen LogP contribution in [-0.4, -0.2) is 48.1 Å². The minimum Gasteiger partial charge on any atom is -0.467 e. The van der Waals surface area contributed by atoms with Crippen molar-refractivity contribution >= 4 is 52.8 Å². The van der Waals surface area contributed by atoms with Gasteiger partial charge in [-0.3, -0.25) is 4.79 Å². The molecule has 0 saturated carbocycles. The highest BCUT2D eigenvalue weighted by molar-refractivity contribution is 6.67. The smallest absolute Gasteiger partial charge is 0.407 e. The number of carbonyl (C=O) groups excluding carboxylic acids is 3. The number of alkyl halides is 3. The largest absolute Gasteiger partial charge is 0.467 e. The molecule has 10 heteroatoms. The van der Waals surface area contributed by atoms with Crippen LogP contribution in [0.4, 0.5) is 4.79 Å². The number of esters is 1. The number of amides is 2. The van der Waals surface area contributed by atoms with Gasteiger partial charge in [-0.2, -0.15) is 0 Å². The number of alkyl carbamates (subject to hydrolysis) is 1. The van der Waals surface area contributed by atoms with Crippen molar-refractivity contribution in [2.45, 2.75) is 16.8 Å². The van der Waals surface area contributed by atoms with Crippen LogP contribution < -0.4 is 10.6 Å². The van der Waals surface area contributed by atoms with Gasteiger partial charge in [0.25, 0.3) is 0 Å². The van der Waals surface area contributed by atoms with Gasteiger partial charge in [0.15, 0.2) is 0 Å². The number of nitrogens with one attached hydrogen (secondary N) is 2. The standard InChI is InChI=1S/C9H13Cl3N2O5/c1-5(7(16)18-2)14-6(15)3-13-8(17)19-4-9(10,11)12/h5H,3-4H2,1-2H3,(H,13,17)(H,14,15)/t5-/m0/s1. The second-order valence-electron chi connectivity index (χ2n) is 3.36. The highest BCUT2D eigenvalue weighted by atomic mass is 35.6. The number of carbonyl (C=O) groups is 3. The van der Waals surface area contributed by atoms with E-state index in [-0.39, 0.29) is 6.54 Å². The molecule has 0 unspecified atom stereocenters. The Morgan fingerprint density at radius 1 is 1.26 bits per heavy atom. The molecule has 0 aromatic rings. The average molecular weight is 336 g/mol. The number of ether oxygens (including phenoxy) is 2. The van der Waals surface area contributed by atoms with Crippen LogP contribution in [0.1, 0.15) is 6.92 Å². The summed E-state index contributed by atoms with van der Waals surface area (Å²) in [5.74, 6) is -1.20. The Morgan fingerprint density at radius 2 is 1.84 bits per heavy atom. The lowest BCUT2D eigenvalue weighted by Gasteiger charge is -2.13.